The molecule has 0 atom stereocenters. The maximum Gasteiger partial charge on any atom is 0.416 e. The van der Waals surface area contributed by atoms with Gasteiger partial charge in [-0.1, -0.05) is 11.3 Å². The molecule has 0 spiro atoms. The molecule has 0 aliphatic carbocycles. The number of nitrogens with one attached hydrogen (secondary N) is 2. The number of aromatic nitrogens is 2. The van der Waals surface area contributed by atoms with Gasteiger partial charge in [0.1, 0.15) is 0 Å². The predicted molar refractivity (Wildman–Crippen MR) is 76.6 cm³/mol. The number of anilines is 2. The van der Waals surface area contributed by atoms with E-state index in [0.29, 0.717) is 9.60 Å². The summed E-state index contributed by atoms with van der Waals surface area (Å²) in [7, 11) is 1.62. The van der Waals surface area contributed by atoms with Crippen molar-refractivity contribution in [3.8, 4) is 0 Å². The van der Waals surface area contributed by atoms with Crippen molar-refractivity contribution >= 4 is 44.0 Å². The van der Waals surface area contributed by atoms with Crippen molar-refractivity contribution in [2.24, 2.45) is 0 Å². The summed E-state index contributed by atoms with van der Waals surface area (Å²) in [5, 5.41) is 12.9. The number of alkyl halides is 3. The van der Waals surface area contributed by atoms with Gasteiger partial charge in [-0.05, 0) is 34.1 Å². The first kappa shape index (κ1) is 15.7. The third-order valence-corrected chi connectivity index (χ3v) is 4.01. The predicted octanol–water partition coefficient (Wildman–Crippen LogP) is 3.61. The molecular weight excluding hydrogens is 373 g/mol. The van der Waals surface area contributed by atoms with Crippen LogP contribution in [0.5, 0.6) is 0 Å². The zero-order valence-corrected chi connectivity index (χ0v) is 12.9. The number of hydrogen-bond donors (Lipinski definition) is 2. The van der Waals surface area contributed by atoms with Crippen LogP contribution >= 0.6 is 27.3 Å². The van der Waals surface area contributed by atoms with Gasteiger partial charge < -0.3 is 10.6 Å². The fraction of sp³-hybridized carbons (Fsp3) is 0.182. The Kier molecular flexibility index (Phi) is 4.47. The van der Waals surface area contributed by atoms with Gasteiger partial charge in [0.05, 0.1) is 11.3 Å². The van der Waals surface area contributed by atoms with E-state index in [2.05, 4.69) is 36.8 Å². The molecule has 2 N–H and O–H groups in total. The van der Waals surface area contributed by atoms with E-state index in [1.807, 2.05) is 0 Å². The summed E-state index contributed by atoms with van der Waals surface area (Å²) < 4.78 is 38.3. The van der Waals surface area contributed by atoms with Crippen LogP contribution in [0.15, 0.2) is 22.7 Å². The lowest BCUT2D eigenvalue weighted by Gasteiger charge is -2.10. The van der Waals surface area contributed by atoms with E-state index < -0.39 is 17.6 Å². The van der Waals surface area contributed by atoms with Crippen LogP contribution in [-0.2, 0) is 6.18 Å². The highest BCUT2D eigenvalue weighted by atomic mass is 79.9. The second-order valence-electron chi connectivity index (χ2n) is 3.81. The van der Waals surface area contributed by atoms with Crippen LogP contribution in [0.4, 0.5) is 24.0 Å². The van der Waals surface area contributed by atoms with Crippen LogP contribution in [0.25, 0.3) is 0 Å². The van der Waals surface area contributed by atoms with Gasteiger partial charge in [-0.15, -0.1) is 10.2 Å². The molecule has 0 radical (unpaired) electrons. The summed E-state index contributed by atoms with van der Waals surface area (Å²) in [6.45, 7) is 0. The molecule has 0 bridgehead atoms. The lowest BCUT2D eigenvalue weighted by atomic mass is 10.2. The number of halogens is 4. The molecule has 1 aromatic heterocycles. The van der Waals surface area contributed by atoms with Gasteiger partial charge >= 0.3 is 6.18 Å². The average Bonchev–Trinajstić information content (AvgIpc) is 2.88. The van der Waals surface area contributed by atoms with Crippen molar-refractivity contribution < 1.29 is 18.0 Å². The Labute approximate surface area is 129 Å². The smallest absolute Gasteiger partial charge is 0.363 e. The quantitative estimate of drug-likeness (QED) is 0.853. The van der Waals surface area contributed by atoms with Crippen molar-refractivity contribution in [1.29, 1.82) is 0 Å². The van der Waals surface area contributed by atoms with Crippen LogP contribution in [0.2, 0.25) is 0 Å². The fourth-order valence-electron chi connectivity index (χ4n) is 1.39. The topological polar surface area (TPSA) is 66.9 Å². The molecule has 0 aliphatic rings. The molecule has 2 rings (SSSR count). The van der Waals surface area contributed by atoms with Crippen LogP contribution < -0.4 is 10.6 Å². The molecule has 5 nitrogen and oxygen atoms in total. The van der Waals surface area contributed by atoms with E-state index in [1.165, 1.54) is 6.07 Å². The minimum Gasteiger partial charge on any atom is -0.363 e. The summed E-state index contributed by atoms with van der Waals surface area (Å²) in [6, 6.07) is 2.99. The Balaban J connectivity index is 2.24. The largest absolute Gasteiger partial charge is 0.416 e. The molecule has 0 unspecified atom stereocenters. The molecular formula is C11H8BrF3N4OS. The second-order valence-corrected chi connectivity index (χ2v) is 5.64. The Morgan fingerprint density at radius 3 is 2.62 bits per heavy atom. The lowest BCUT2D eigenvalue weighted by molar-refractivity contribution is -0.137. The van der Waals surface area contributed by atoms with E-state index in [0.717, 1.165) is 23.5 Å². The normalized spacial score (nSPS) is 11.3. The summed E-state index contributed by atoms with van der Waals surface area (Å²) in [5.41, 5.74) is -0.842. The Hall–Kier alpha value is -1.68. The highest BCUT2D eigenvalue weighted by molar-refractivity contribution is 9.10. The second kappa shape index (κ2) is 5.98. The number of hydrogen-bond acceptors (Lipinski definition) is 5. The lowest BCUT2D eigenvalue weighted by Crippen LogP contribution is -2.13. The number of benzene rings is 1. The van der Waals surface area contributed by atoms with Gasteiger partial charge in [0.15, 0.2) is 0 Å². The monoisotopic (exact) mass is 380 g/mol. The van der Waals surface area contributed by atoms with Gasteiger partial charge in [0.2, 0.25) is 10.1 Å². The van der Waals surface area contributed by atoms with E-state index >= 15 is 0 Å². The van der Waals surface area contributed by atoms with E-state index in [-0.39, 0.29) is 10.7 Å². The van der Waals surface area contributed by atoms with Crippen molar-refractivity contribution in [1.82, 2.24) is 10.2 Å². The minimum absolute atomic E-state index is 0.0102. The first-order valence-electron chi connectivity index (χ1n) is 5.50. The van der Waals surface area contributed by atoms with Gasteiger partial charge in [0, 0.05) is 11.5 Å². The van der Waals surface area contributed by atoms with Gasteiger partial charge in [-0.2, -0.15) is 13.2 Å². The average molecular weight is 381 g/mol. The molecule has 112 valence electrons. The van der Waals surface area contributed by atoms with Gasteiger partial charge in [0.25, 0.3) is 5.91 Å². The summed E-state index contributed by atoms with van der Waals surface area (Å²) >= 11 is 4.08. The zero-order chi connectivity index (χ0) is 15.6. The standard InChI is InChI=1S/C11H8BrF3N4OS/c1-16-10-19-18-9(21-10)8(20)17-7-4-5(11(13,14)15)2-3-6(7)12/h2-4H,1H3,(H,16,19)(H,17,20). The SMILES string of the molecule is CNc1nnc(C(=O)Nc2cc(C(F)(F)F)ccc2Br)s1. The third-order valence-electron chi connectivity index (χ3n) is 2.37. The van der Waals surface area contributed by atoms with Gasteiger partial charge in [-0.3, -0.25) is 4.79 Å². The number of carbonyl (C=O) groups is 1. The minimum atomic E-state index is -4.48. The number of amides is 1. The molecule has 10 heteroatoms. The first-order valence-corrected chi connectivity index (χ1v) is 7.11. The molecule has 1 amide bonds. The fourth-order valence-corrected chi connectivity index (χ4v) is 2.33. The van der Waals surface area contributed by atoms with Crippen LogP contribution in [0, 0.1) is 0 Å². The third kappa shape index (κ3) is 3.70. The highest BCUT2D eigenvalue weighted by Crippen LogP contribution is 2.34. The van der Waals surface area contributed by atoms with Gasteiger partial charge in [-0.25, -0.2) is 0 Å². The Bertz CT molecular complexity index is 674. The van der Waals surface area contributed by atoms with E-state index in [4.69, 9.17) is 0 Å². The van der Waals surface area contributed by atoms with Crippen molar-refractivity contribution in [2.45, 2.75) is 6.18 Å². The number of carbonyl (C=O) groups excluding carboxylic acids is 1. The number of rotatable bonds is 3. The van der Waals surface area contributed by atoms with Crippen molar-refractivity contribution in [3.05, 3.63) is 33.2 Å². The van der Waals surface area contributed by atoms with E-state index in [1.54, 1.807) is 7.05 Å². The zero-order valence-electron chi connectivity index (χ0n) is 10.5. The maximum atomic E-state index is 12.7. The van der Waals surface area contributed by atoms with E-state index in [9.17, 15) is 18.0 Å². The van der Waals surface area contributed by atoms with Crippen LogP contribution in [0.3, 0.4) is 0 Å². The Morgan fingerprint density at radius 2 is 2.05 bits per heavy atom. The summed E-state index contributed by atoms with van der Waals surface area (Å²) in [4.78, 5) is 11.9. The van der Waals surface area contributed by atoms with Crippen molar-refractivity contribution in [2.75, 3.05) is 17.7 Å². The van der Waals surface area contributed by atoms with Crippen molar-refractivity contribution in [3.63, 3.8) is 0 Å². The molecule has 1 aromatic carbocycles. The molecule has 0 aliphatic heterocycles. The summed E-state index contributed by atoms with van der Waals surface area (Å²) in [5.74, 6) is -0.631. The maximum absolute atomic E-state index is 12.7. The van der Waals surface area contributed by atoms with Crippen LogP contribution in [-0.4, -0.2) is 23.2 Å². The number of nitrogens with zero attached hydrogens (tertiary/aromatic N) is 2. The summed E-state index contributed by atoms with van der Waals surface area (Å²) in [6.07, 6.45) is -4.48. The molecule has 21 heavy (non-hydrogen) atoms. The molecule has 0 saturated carbocycles. The molecule has 2 aromatic rings. The molecule has 0 fully saturated rings. The molecule has 1 heterocycles. The highest BCUT2D eigenvalue weighted by Gasteiger charge is 2.31. The molecule has 0 saturated heterocycles. The Morgan fingerprint density at radius 1 is 1.33 bits per heavy atom. The first-order chi connectivity index (χ1) is 9.81. The van der Waals surface area contributed by atoms with Crippen LogP contribution in [0.1, 0.15) is 15.4 Å².